The van der Waals surface area contributed by atoms with E-state index in [4.69, 9.17) is 43.5 Å². The van der Waals surface area contributed by atoms with Crippen LogP contribution in [0.4, 0.5) is 0 Å². The lowest BCUT2D eigenvalue weighted by Gasteiger charge is -2.08. The maximum absolute atomic E-state index is 5.69. The summed E-state index contributed by atoms with van der Waals surface area (Å²) in [5.41, 5.74) is 0. The molecule has 0 aliphatic heterocycles. The van der Waals surface area contributed by atoms with Crippen molar-refractivity contribution >= 4 is 42.2 Å². The smallest absolute Gasteiger partial charge is 0.276 e. The number of hydrogen-bond donors (Lipinski definition) is 0. The first-order chi connectivity index (χ1) is 5.81. The average molecular weight is 253 g/mol. The monoisotopic (exact) mass is 252 g/mol. The molecule has 0 fully saturated rings. The van der Waals surface area contributed by atoms with Gasteiger partial charge in [0.2, 0.25) is 0 Å². The molecule has 2 nitrogen and oxygen atoms in total. The lowest BCUT2D eigenvalue weighted by Crippen LogP contribution is -1.93. The Bertz CT molecular complexity index is 86.9. The minimum atomic E-state index is -1.25. The van der Waals surface area contributed by atoms with Crippen molar-refractivity contribution < 1.29 is 9.05 Å². The molecule has 0 bridgehead atoms. The molecule has 6 heteroatoms. The Morgan fingerprint density at radius 3 is 1.67 bits per heavy atom. The van der Waals surface area contributed by atoms with Crippen LogP contribution < -0.4 is 0 Å². The highest BCUT2D eigenvalue weighted by Crippen LogP contribution is 2.43. The van der Waals surface area contributed by atoms with E-state index < -0.39 is 7.73 Å². The molecule has 0 heterocycles. The van der Waals surface area contributed by atoms with Crippen LogP contribution in [0.2, 0.25) is 0 Å². The van der Waals surface area contributed by atoms with E-state index in [0.29, 0.717) is 25.0 Å². The fraction of sp³-hybridized carbons (Fsp3) is 1.00. The summed E-state index contributed by atoms with van der Waals surface area (Å²) in [6.07, 6.45) is 1.60. The molecule has 0 aliphatic carbocycles. The van der Waals surface area contributed by atoms with Gasteiger partial charge in [0.05, 0.1) is 13.2 Å². The summed E-state index contributed by atoms with van der Waals surface area (Å²) in [6, 6.07) is 0. The normalized spacial score (nSPS) is 11.0. The molecule has 74 valence electrons. The second-order valence-corrected chi connectivity index (χ2v) is 4.49. The van der Waals surface area contributed by atoms with E-state index in [1.807, 2.05) is 0 Å². The van der Waals surface area contributed by atoms with Gasteiger partial charge in [0.1, 0.15) is 0 Å². The quantitative estimate of drug-likeness (QED) is 0.373. The van der Waals surface area contributed by atoms with Gasteiger partial charge in [-0.3, -0.25) is 0 Å². The van der Waals surface area contributed by atoms with Gasteiger partial charge in [-0.15, -0.1) is 23.2 Å². The first kappa shape index (κ1) is 13.2. The van der Waals surface area contributed by atoms with Crippen LogP contribution in [-0.2, 0) is 9.05 Å². The minimum absolute atomic E-state index is 0.555. The van der Waals surface area contributed by atoms with Crippen LogP contribution in [0.25, 0.3) is 0 Å². The van der Waals surface area contributed by atoms with Gasteiger partial charge in [-0.2, -0.15) is 0 Å². The van der Waals surface area contributed by atoms with E-state index in [9.17, 15) is 0 Å². The van der Waals surface area contributed by atoms with E-state index in [2.05, 4.69) is 0 Å². The van der Waals surface area contributed by atoms with Crippen molar-refractivity contribution in [3.8, 4) is 0 Å². The Labute approximate surface area is 89.2 Å². The molecule has 0 amide bonds. The third kappa shape index (κ3) is 9.31. The molecular formula is C6H12Cl3O2P. The van der Waals surface area contributed by atoms with Crippen molar-refractivity contribution in [2.75, 3.05) is 25.0 Å². The van der Waals surface area contributed by atoms with Crippen LogP contribution in [0.15, 0.2) is 0 Å². The van der Waals surface area contributed by atoms with Crippen molar-refractivity contribution in [3.05, 3.63) is 0 Å². The fourth-order valence-electron chi connectivity index (χ4n) is 0.419. The first-order valence-corrected chi connectivity index (χ1v) is 6.80. The maximum Gasteiger partial charge on any atom is 0.276 e. The number of halogens is 3. The molecule has 0 N–H and O–H groups in total. The second kappa shape index (κ2) is 10.3. The van der Waals surface area contributed by atoms with Crippen LogP contribution >= 0.6 is 42.2 Å². The van der Waals surface area contributed by atoms with E-state index in [-0.39, 0.29) is 0 Å². The number of alkyl halides is 2. The third-order valence-corrected chi connectivity index (χ3v) is 2.83. The Kier molecular flexibility index (Phi) is 11.3. The number of hydrogen-bond acceptors (Lipinski definition) is 2. The summed E-state index contributed by atoms with van der Waals surface area (Å²) in [5.74, 6) is 1.17. The standard InChI is InChI=1S/C6H12Cl3O2P/c7-3-1-5-10-12(9)11-6-2-4-8/h1-6H2. The van der Waals surface area contributed by atoms with Crippen molar-refractivity contribution in [2.45, 2.75) is 12.8 Å². The summed E-state index contributed by atoms with van der Waals surface area (Å²) >= 11 is 16.6. The molecule has 12 heavy (non-hydrogen) atoms. The molecule has 0 aromatic carbocycles. The molecule has 0 unspecified atom stereocenters. The largest absolute Gasteiger partial charge is 0.322 e. The summed E-state index contributed by atoms with van der Waals surface area (Å²) in [4.78, 5) is 0. The van der Waals surface area contributed by atoms with E-state index in [1.54, 1.807) is 0 Å². The highest BCUT2D eigenvalue weighted by molar-refractivity contribution is 7.76. The molecule has 0 aromatic rings. The highest BCUT2D eigenvalue weighted by atomic mass is 35.7. The first-order valence-electron chi connectivity index (χ1n) is 3.65. The third-order valence-electron chi connectivity index (χ3n) is 0.942. The van der Waals surface area contributed by atoms with Gasteiger partial charge in [-0.05, 0) is 24.1 Å². The fourth-order valence-corrected chi connectivity index (χ4v) is 1.67. The average Bonchev–Trinajstić information content (AvgIpc) is 2.06. The van der Waals surface area contributed by atoms with Gasteiger partial charge >= 0.3 is 0 Å². The highest BCUT2D eigenvalue weighted by Gasteiger charge is 2.04. The van der Waals surface area contributed by atoms with Crippen LogP contribution in [0.1, 0.15) is 12.8 Å². The zero-order chi connectivity index (χ0) is 9.23. The van der Waals surface area contributed by atoms with Gasteiger partial charge in [0, 0.05) is 11.8 Å². The Morgan fingerprint density at radius 2 is 1.33 bits per heavy atom. The molecule has 0 rings (SSSR count). The zero-order valence-electron chi connectivity index (χ0n) is 6.64. The predicted molar refractivity (Wildman–Crippen MR) is 55.4 cm³/mol. The van der Waals surface area contributed by atoms with Gasteiger partial charge in [0.25, 0.3) is 7.73 Å². The van der Waals surface area contributed by atoms with Crippen LogP contribution in [0, 0.1) is 0 Å². The van der Waals surface area contributed by atoms with Crippen molar-refractivity contribution in [3.63, 3.8) is 0 Å². The van der Waals surface area contributed by atoms with Gasteiger partial charge in [0.15, 0.2) is 0 Å². The molecule has 0 aromatic heterocycles. The SMILES string of the molecule is ClCCCOP(Cl)OCCCCl. The molecule has 0 aliphatic rings. The Balaban J connectivity index is 3.04. The van der Waals surface area contributed by atoms with E-state index >= 15 is 0 Å². The van der Waals surface area contributed by atoms with Gasteiger partial charge < -0.3 is 9.05 Å². The van der Waals surface area contributed by atoms with Gasteiger partial charge in [-0.1, -0.05) is 0 Å². The summed E-state index contributed by atoms with van der Waals surface area (Å²) in [5, 5.41) is 0. The van der Waals surface area contributed by atoms with Crippen LogP contribution in [0.5, 0.6) is 0 Å². The molecule has 0 atom stereocenters. The van der Waals surface area contributed by atoms with E-state index in [1.165, 1.54) is 0 Å². The summed E-state index contributed by atoms with van der Waals surface area (Å²) < 4.78 is 10.2. The molecule has 0 saturated carbocycles. The topological polar surface area (TPSA) is 18.5 Å². The Hall–Kier alpha value is 1.22. The molecule has 0 radical (unpaired) electrons. The van der Waals surface area contributed by atoms with E-state index in [0.717, 1.165) is 12.8 Å². The van der Waals surface area contributed by atoms with Crippen LogP contribution in [0.3, 0.4) is 0 Å². The van der Waals surface area contributed by atoms with Crippen molar-refractivity contribution in [1.82, 2.24) is 0 Å². The number of rotatable bonds is 8. The minimum Gasteiger partial charge on any atom is -0.322 e. The maximum atomic E-state index is 5.69. The van der Waals surface area contributed by atoms with Crippen molar-refractivity contribution in [2.24, 2.45) is 0 Å². The predicted octanol–water partition coefficient (Wildman–Crippen LogP) is 3.74. The lowest BCUT2D eigenvalue weighted by molar-refractivity contribution is 0.262. The second-order valence-electron chi connectivity index (χ2n) is 1.96. The zero-order valence-corrected chi connectivity index (χ0v) is 9.80. The Morgan fingerprint density at radius 1 is 0.917 bits per heavy atom. The van der Waals surface area contributed by atoms with Gasteiger partial charge in [-0.25, -0.2) is 0 Å². The molecule has 0 spiro atoms. The summed E-state index contributed by atoms with van der Waals surface area (Å²) in [7, 11) is -1.25. The van der Waals surface area contributed by atoms with Crippen molar-refractivity contribution in [1.29, 1.82) is 0 Å². The van der Waals surface area contributed by atoms with Crippen LogP contribution in [-0.4, -0.2) is 25.0 Å². The molecular weight excluding hydrogens is 241 g/mol. The lowest BCUT2D eigenvalue weighted by atomic mass is 10.5. The molecule has 0 saturated heterocycles. The summed E-state index contributed by atoms with van der Waals surface area (Å²) in [6.45, 7) is 1.11.